The van der Waals surface area contributed by atoms with Crippen molar-refractivity contribution >= 4 is 17.3 Å². The topological polar surface area (TPSA) is 89.7 Å². The summed E-state index contributed by atoms with van der Waals surface area (Å²) in [7, 11) is 3.07. The minimum absolute atomic E-state index is 0.242. The van der Waals surface area contributed by atoms with E-state index in [4.69, 9.17) is 14.0 Å². The molecule has 8 nitrogen and oxygen atoms in total. The fourth-order valence-corrected chi connectivity index (χ4v) is 4.24. The molecule has 182 valence electrons. The van der Waals surface area contributed by atoms with Crippen LogP contribution in [0.1, 0.15) is 24.4 Å². The lowest BCUT2D eigenvalue weighted by Crippen LogP contribution is -2.46. The van der Waals surface area contributed by atoms with Crippen molar-refractivity contribution in [1.29, 1.82) is 0 Å². The number of carbonyl (C=O) groups excluding carboxylic acids is 1. The number of nitrogens with zero attached hydrogens (tertiary/aromatic N) is 3. The predicted molar refractivity (Wildman–Crippen MR) is 132 cm³/mol. The zero-order valence-corrected chi connectivity index (χ0v) is 19.9. The van der Waals surface area contributed by atoms with E-state index in [1.807, 2.05) is 30.3 Å². The number of anilines is 1. The highest BCUT2D eigenvalue weighted by Gasteiger charge is 2.36. The van der Waals surface area contributed by atoms with Gasteiger partial charge in [0.15, 0.2) is 11.5 Å². The van der Waals surface area contributed by atoms with Gasteiger partial charge in [0.2, 0.25) is 5.82 Å². The van der Waals surface area contributed by atoms with Crippen molar-refractivity contribution in [2.45, 2.75) is 13.0 Å². The number of allylic oxidation sites excluding steroid dienone is 1. The third-order valence-corrected chi connectivity index (χ3v) is 6.00. The summed E-state index contributed by atoms with van der Waals surface area (Å²) in [6.07, 6.45) is 0. The fraction of sp³-hybridized carbons (Fsp3) is 0.148. The van der Waals surface area contributed by atoms with E-state index in [1.54, 1.807) is 44.4 Å². The lowest BCUT2D eigenvalue weighted by molar-refractivity contribution is 0.244. The predicted octanol–water partition coefficient (Wildman–Crippen LogP) is 5.60. The second-order valence-corrected chi connectivity index (χ2v) is 8.10. The summed E-state index contributed by atoms with van der Waals surface area (Å²) >= 11 is 0. The number of ether oxygens (including phenoxy) is 2. The van der Waals surface area contributed by atoms with Gasteiger partial charge in [0, 0.05) is 17.3 Å². The van der Waals surface area contributed by atoms with Crippen molar-refractivity contribution in [1.82, 2.24) is 15.5 Å². The molecular weight excluding hydrogens is 463 g/mol. The van der Waals surface area contributed by atoms with Crippen LogP contribution in [0, 0.1) is 5.82 Å². The lowest BCUT2D eigenvalue weighted by Gasteiger charge is -2.35. The lowest BCUT2D eigenvalue weighted by atomic mass is 9.94. The smallest absolute Gasteiger partial charge is 0.327 e. The second kappa shape index (κ2) is 9.53. The van der Waals surface area contributed by atoms with Crippen LogP contribution in [0.25, 0.3) is 17.0 Å². The van der Waals surface area contributed by atoms with Gasteiger partial charge in [-0.2, -0.15) is 4.98 Å². The second-order valence-electron chi connectivity index (χ2n) is 8.10. The van der Waals surface area contributed by atoms with Crippen LogP contribution in [0.4, 0.5) is 14.9 Å². The van der Waals surface area contributed by atoms with E-state index in [9.17, 15) is 9.18 Å². The van der Waals surface area contributed by atoms with Crippen LogP contribution in [0.3, 0.4) is 0 Å². The Kier molecular flexibility index (Phi) is 6.12. The van der Waals surface area contributed by atoms with E-state index in [0.29, 0.717) is 39.8 Å². The Hall–Kier alpha value is -4.66. The fourth-order valence-electron chi connectivity index (χ4n) is 4.24. The van der Waals surface area contributed by atoms with Gasteiger partial charge in [-0.05, 0) is 36.8 Å². The first-order valence-electron chi connectivity index (χ1n) is 11.2. The van der Waals surface area contributed by atoms with Crippen LogP contribution in [-0.4, -0.2) is 30.4 Å². The van der Waals surface area contributed by atoms with Gasteiger partial charge in [0.05, 0.1) is 31.5 Å². The number of nitrogens with one attached hydrogen (secondary N) is 1. The molecule has 1 aromatic heterocycles. The number of aromatic nitrogens is 2. The molecule has 0 spiro atoms. The minimum atomic E-state index is -0.640. The number of hydrogen-bond donors (Lipinski definition) is 1. The largest absolute Gasteiger partial charge is 0.493 e. The number of amides is 2. The van der Waals surface area contributed by atoms with Gasteiger partial charge in [-0.25, -0.2) is 9.18 Å². The highest BCUT2D eigenvalue weighted by Crippen LogP contribution is 2.41. The van der Waals surface area contributed by atoms with Gasteiger partial charge in [0.1, 0.15) is 5.82 Å². The molecule has 2 heterocycles. The average Bonchev–Trinajstić information content (AvgIpc) is 3.39. The van der Waals surface area contributed by atoms with E-state index >= 15 is 0 Å². The third-order valence-electron chi connectivity index (χ3n) is 6.00. The molecule has 1 aliphatic heterocycles. The summed E-state index contributed by atoms with van der Waals surface area (Å²) in [4.78, 5) is 19.5. The minimum Gasteiger partial charge on any atom is -0.493 e. The number of carbonyl (C=O) groups is 1. The highest BCUT2D eigenvalue weighted by atomic mass is 19.1. The molecule has 2 amide bonds. The Morgan fingerprint density at radius 2 is 1.69 bits per heavy atom. The molecule has 0 saturated carbocycles. The monoisotopic (exact) mass is 486 g/mol. The molecule has 9 heteroatoms. The molecule has 1 N–H and O–H groups in total. The van der Waals surface area contributed by atoms with Gasteiger partial charge in [-0.15, -0.1) is 0 Å². The maximum absolute atomic E-state index is 13.7. The van der Waals surface area contributed by atoms with Crippen LogP contribution >= 0.6 is 0 Å². The van der Waals surface area contributed by atoms with E-state index in [2.05, 4.69) is 15.5 Å². The SMILES string of the molecule is COc1ccc(N2C(=O)NC(c3ccc(F)cc3)C(c3nc(-c4ccccc4)no3)=C2C)cc1OC. The average molecular weight is 487 g/mol. The number of rotatable bonds is 6. The molecule has 0 bridgehead atoms. The number of methoxy groups -OCH3 is 2. The summed E-state index contributed by atoms with van der Waals surface area (Å²) in [5.41, 5.74) is 3.18. The quantitative estimate of drug-likeness (QED) is 0.382. The number of urea groups is 1. The first-order chi connectivity index (χ1) is 17.5. The maximum atomic E-state index is 13.7. The number of halogens is 1. The molecule has 36 heavy (non-hydrogen) atoms. The zero-order valence-electron chi connectivity index (χ0n) is 19.9. The van der Waals surface area contributed by atoms with Crippen LogP contribution in [-0.2, 0) is 0 Å². The molecule has 0 fully saturated rings. The zero-order chi connectivity index (χ0) is 25.2. The molecule has 3 aromatic carbocycles. The summed E-state index contributed by atoms with van der Waals surface area (Å²) in [5, 5.41) is 7.16. The van der Waals surface area contributed by atoms with Crippen molar-refractivity contribution in [3.05, 3.63) is 95.8 Å². The van der Waals surface area contributed by atoms with Gasteiger partial charge >= 0.3 is 6.03 Å². The van der Waals surface area contributed by atoms with E-state index < -0.39 is 6.04 Å². The van der Waals surface area contributed by atoms with Gasteiger partial charge < -0.3 is 19.3 Å². The van der Waals surface area contributed by atoms with E-state index in [1.165, 1.54) is 24.1 Å². The van der Waals surface area contributed by atoms with Crippen LogP contribution < -0.4 is 19.7 Å². The van der Waals surface area contributed by atoms with Crippen molar-refractivity contribution < 1.29 is 23.2 Å². The molecule has 5 rings (SSSR count). The van der Waals surface area contributed by atoms with Crippen LogP contribution in [0.15, 0.2) is 83.0 Å². The molecular formula is C27H23FN4O4. The third kappa shape index (κ3) is 4.15. The van der Waals surface area contributed by atoms with Crippen molar-refractivity contribution in [2.75, 3.05) is 19.1 Å². The van der Waals surface area contributed by atoms with Crippen LogP contribution in [0.2, 0.25) is 0 Å². The summed E-state index contributed by atoms with van der Waals surface area (Å²) in [5.74, 6) is 1.29. The number of benzene rings is 3. The van der Waals surface area contributed by atoms with Crippen molar-refractivity contribution in [3.8, 4) is 22.9 Å². The molecule has 0 aliphatic carbocycles. The van der Waals surface area contributed by atoms with Crippen molar-refractivity contribution in [2.24, 2.45) is 0 Å². The Morgan fingerprint density at radius 1 is 0.972 bits per heavy atom. The summed E-state index contributed by atoms with van der Waals surface area (Å²) in [6.45, 7) is 1.80. The van der Waals surface area contributed by atoms with Crippen molar-refractivity contribution in [3.63, 3.8) is 0 Å². The Morgan fingerprint density at radius 3 is 2.39 bits per heavy atom. The Labute approximate surface area is 207 Å². The van der Waals surface area contributed by atoms with Gasteiger partial charge in [-0.3, -0.25) is 4.90 Å². The summed E-state index contributed by atoms with van der Waals surface area (Å²) in [6, 6.07) is 19.5. The molecule has 4 aromatic rings. The van der Waals surface area contributed by atoms with Crippen LogP contribution in [0.5, 0.6) is 11.5 Å². The first-order valence-corrected chi connectivity index (χ1v) is 11.2. The molecule has 1 aliphatic rings. The Bertz CT molecular complexity index is 1430. The molecule has 1 atom stereocenters. The highest BCUT2D eigenvalue weighted by molar-refractivity contribution is 6.01. The number of hydrogen-bond acceptors (Lipinski definition) is 6. The molecule has 1 unspecified atom stereocenters. The van der Waals surface area contributed by atoms with E-state index in [-0.39, 0.29) is 17.7 Å². The van der Waals surface area contributed by atoms with Gasteiger partial charge in [0.25, 0.3) is 5.89 Å². The summed E-state index contributed by atoms with van der Waals surface area (Å²) < 4.78 is 30.1. The Balaban J connectivity index is 1.66. The standard InChI is InChI=1S/C27H23FN4O4/c1-16-23(26-30-25(31-36-26)18-7-5-4-6-8-18)24(17-9-11-19(28)12-10-17)29-27(33)32(16)20-13-14-21(34-2)22(15-20)35-3/h4-15,24H,1-3H3,(H,29,33). The maximum Gasteiger partial charge on any atom is 0.327 e. The first kappa shape index (κ1) is 23.1. The van der Waals surface area contributed by atoms with E-state index in [0.717, 1.165) is 5.56 Å². The van der Waals surface area contributed by atoms with Gasteiger partial charge in [-0.1, -0.05) is 47.6 Å². The molecule has 0 saturated heterocycles. The molecule has 0 radical (unpaired) electrons. The normalized spacial score (nSPS) is 15.6.